The summed E-state index contributed by atoms with van der Waals surface area (Å²) < 4.78 is 0. The number of anilines is 2. The molecule has 110 valence electrons. The number of nitrogens with zero attached hydrogens (tertiary/aromatic N) is 2. The van der Waals surface area contributed by atoms with Crippen LogP contribution in [0.3, 0.4) is 0 Å². The van der Waals surface area contributed by atoms with Gasteiger partial charge in [-0.3, -0.25) is 9.89 Å². The summed E-state index contributed by atoms with van der Waals surface area (Å²) in [5.74, 6) is 1.03. The number of carbonyl (C=O) groups is 1. The average molecular weight is 284 g/mol. The third-order valence-electron chi connectivity index (χ3n) is 3.83. The Hall–Kier alpha value is -2.30. The number of benzene rings is 1. The zero-order valence-electron chi connectivity index (χ0n) is 12.4. The summed E-state index contributed by atoms with van der Waals surface area (Å²) in [6, 6.07) is 7.99. The van der Waals surface area contributed by atoms with Crippen LogP contribution in [-0.2, 0) is 17.8 Å². The number of aromatic amines is 1. The minimum Gasteiger partial charge on any atom is -0.351 e. The molecule has 1 aromatic carbocycles. The molecule has 1 aliphatic heterocycles. The first-order valence-electron chi connectivity index (χ1n) is 7.29. The van der Waals surface area contributed by atoms with Crippen molar-refractivity contribution >= 4 is 17.4 Å². The summed E-state index contributed by atoms with van der Waals surface area (Å²) >= 11 is 0. The molecule has 1 aromatic heterocycles. The molecule has 0 fully saturated rings. The fraction of sp³-hybridized carbons (Fsp3) is 0.375. The molecule has 0 spiro atoms. The Morgan fingerprint density at radius 3 is 3.14 bits per heavy atom. The fourth-order valence-corrected chi connectivity index (χ4v) is 2.88. The number of carbonyl (C=O) groups excluding carboxylic acids is 1. The van der Waals surface area contributed by atoms with Gasteiger partial charge in [0, 0.05) is 37.0 Å². The van der Waals surface area contributed by atoms with Crippen molar-refractivity contribution in [3.8, 4) is 0 Å². The van der Waals surface area contributed by atoms with Crippen molar-refractivity contribution in [3.63, 3.8) is 0 Å². The summed E-state index contributed by atoms with van der Waals surface area (Å²) in [7, 11) is 0. The van der Waals surface area contributed by atoms with E-state index in [0.29, 0.717) is 0 Å². The van der Waals surface area contributed by atoms with Crippen molar-refractivity contribution in [1.82, 2.24) is 10.2 Å². The van der Waals surface area contributed by atoms with E-state index in [0.717, 1.165) is 37.4 Å². The second-order valence-corrected chi connectivity index (χ2v) is 5.56. The zero-order valence-corrected chi connectivity index (χ0v) is 12.4. The average Bonchev–Trinajstić information content (AvgIpc) is 2.82. The monoisotopic (exact) mass is 284 g/mol. The van der Waals surface area contributed by atoms with Gasteiger partial charge in [-0.15, -0.1) is 0 Å². The Morgan fingerprint density at radius 1 is 1.48 bits per heavy atom. The van der Waals surface area contributed by atoms with Gasteiger partial charge in [0.1, 0.15) is 0 Å². The lowest BCUT2D eigenvalue weighted by molar-refractivity contribution is -0.114. The van der Waals surface area contributed by atoms with Crippen LogP contribution in [0.2, 0.25) is 0 Å². The SMILES string of the molecule is CC(=O)Nc1cccc(CN2CCCc3c2n[nH]c3C)c1. The second-order valence-electron chi connectivity index (χ2n) is 5.56. The van der Waals surface area contributed by atoms with Crippen molar-refractivity contribution < 1.29 is 4.79 Å². The van der Waals surface area contributed by atoms with E-state index in [1.165, 1.54) is 23.7 Å². The molecule has 21 heavy (non-hydrogen) atoms. The predicted molar refractivity (Wildman–Crippen MR) is 83.4 cm³/mol. The van der Waals surface area contributed by atoms with E-state index < -0.39 is 0 Å². The van der Waals surface area contributed by atoms with Gasteiger partial charge in [0.05, 0.1) is 0 Å². The van der Waals surface area contributed by atoms with Crippen molar-refractivity contribution in [2.45, 2.75) is 33.2 Å². The van der Waals surface area contributed by atoms with E-state index >= 15 is 0 Å². The Kier molecular flexibility index (Phi) is 3.64. The minimum atomic E-state index is -0.0460. The first-order valence-corrected chi connectivity index (χ1v) is 7.29. The lowest BCUT2D eigenvalue weighted by Gasteiger charge is -2.28. The van der Waals surface area contributed by atoms with Crippen LogP contribution in [0, 0.1) is 6.92 Å². The highest BCUT2D eigenvalue weighted by Gasteiger charge is 2.21. The van der Waals surface area contributed by atoms with Crippen LogP contribution < -0.4 is 10.2 Å². The summed E-state index contributed by atoms with van der Waals surface area (Å²) in [4.78, 5) is 13.4. The molecule has 2 N–H and O–H groups in total. The molecule has 1 aliphatic rings. The molecule has 5 heteroatoms. The van der Waals surface area contributed by atoms with E-state index in [9.17, 15) is 4.79 Å². The fourth-order valence-electron chi connectivity index (χ4n) is 2.88. The van der Waals surface area contributed by atoms with Gasteiger partial charge in [0.15, 0.2) is 5.82 Å². The van der Waals surface area contributed by atoms with Gasteiger partial charge < -0.3 is 10.2 Å². The lowest BCUT2D eigenvalue weighted by atomic mass is 10.0. The molecule has 0 unspecified atom stereocenters. The lowest BCUT2D eigenvalue weighted by Crippen LogP contribution is -2.29. The zero-order chi connectivity index (χ0) is 14.8. The van der Waals surface area contributed by atoms with Gasteiger partial charge in [-0.1, -0.05) is 12.1 Å². The molecule has 0 radical (unpaired) electrons. The van der Waals surface area contributed by atoms with Crippen LogP contribution in [0.4, 0.5) is 11.5 Å². The highest BCUT2D eigenvalue weighted by atomic mass is 16.1. The Labute approximate surface area is 124 Å². The topological polar surface area (TPSA) is 61.0 Å². The number of rotatable bonds is 3. The number of H-pyrrole nitrogens is 1. The Bertz CT molecular complexity index is 662. The van der Waals surface area contributed by atoms with E-state index in [4.69, 9.17) is 0 Å². The molecule has 5 nitrogen and oxygen atoms in total. The number of fused-ring (bicyclic) bond motifs is 1. The smallest absolute Gasteiger partial charge is 0.221 e. The van der Waals surface area contributed by atoms with Gasteiger partial charge in [-0.05, 0) is 37.5 Å². The highest BCUT2D eigenvalue weighted by Crippen LogP contribution is 2.28. The first kappa shape index (κ1) is 13.7. The largest absolute Gasteiger partial charge is 0.351 e. The maximum atomic E-state index is 11.1. The summed E-state index contributed by atoms with van der Waals surface area (Å²) in [6.45, 7) is 5.43. The summed E-state index contributed by atoms with van der Waals surface area (Å²) in [6.07, 6.45) is 2.25. The third kappa shape index (κ3) is 2.91. The van der Waals surface area contributed by atoms with Crippen LogP contribution in [0.1, 0.15) is 30.2 Å². The van der Waals surface area contributed by atoms with E-state index in [-0.39, 0.29) is 5.91 Å². The number of aromatic nitrogens is 2. The molecule has 3 rings (SSSR count). The number of hydrogen-bond acceptors (Lipinski definition) is 3. The summed E-state index contributed by atoms with van der Waals surface area (Å²) in [5, 5.41) is 10.3. The molecule has 0 aliphatic carbocycles. The number of amides is 1. The Balaban J connectivity index is 1.80. The Morgan fingerprint density at radius 2 is 2.33 bits per heavy atom. The van der Waals surface area contributed by atoms with Crippen LogP contribution >= 0.6 is 0 Å². The van der Waals surface area contributed by atoms with Gasteiger partial charge in [-0.2, -0.15) is 5.10 Å². The van der Waals surface area contributed by atoms with Crippen LogP contribution in [-0.4, -0.2) is 22.6 Å². The number of aryl methyl sites for hydroxylation is 1. The normalized spacial score (nSPS) is 13.9. The molecule has 0 saturated carbocycles. The molecule has 2 aromatic rings. The quantitative estimate of drug-likeness (QED) is 0.911. The molecule has 0 atom stereocenters. The van der Waals surface area contributed by atoms with Crippen molar-refractivity contribution in [2.75, 3.05) is 16.8 Å². The molecular formula is C16H20N4O. The van der Waals surface area contributed by atoms with E-state index in [1.54, 1.807) is 0 Å². The second kappa shape index (κ2) is 5.60. The number of nitrogens with one attached hydrogen (secondary N) is 2. The highest BCUT2D eigenvalue weighted by molar-refractivity contribution is 5.88. The molecule has 0 bridgehead atoms. The third-order valence-corrected chi connectivity index (χ3v) is 3.83. The van der Waals surface area contributed by atoms with Gasteiger partial charge in [0.25, 0.3) is 0 Å². The van der Waals surface area contributed by atoms with Crippen LogP contribution in [0.25, 0.3) is 0 Å². The molecule has 0 saturated heterocycles. The van der Waals surface area contributed by atoms with Gasteiger partial charge in [0.2, 0.25) is 5.91 Å². The number of hydrogen-bond donors (Lipinski definition) is 2. The van der Waals surface area contributed by atoms with E-state index in [2.05, 4.69) is 33.4 Å². The van der Waals surface area contributed by atoms with Crippen LogP contribution in [0.15, 0.2) is 24.3 Å². The predicted octanol–water partition coefficient (Wildman–Crippen LogP) is 2.63. The van der Waals surface area contributed by atoms with Crippen LogP contribution in [0.5, 0.6) is 0 Å². The van der Waals surface area contributed by atoms with Gasteiger partial charge >= 0.3 is 0 Å². The maximum absolute atomic E-state index is 11.1. The minimum absolute atomic E-state index is 0.0460. The van der Waals surface area contributed by atoms with E-state index in [1.807, 2.05) is 18.2 Å². The standard InChI is InChI=1S/C16H20N4O/c1-11-15-7-4-8-20(16(15)19-18-11)10-13-5-3-6-14(9-13)17-12(2)21/h3,5-6,9H,4,7-8,10H2,1-2H3,(H,17,21)(H,18,19). The van der Waals surface area contributed by atoms with Gasteiger partial charge in [-0.25, -0.2) is 0 Å². The summed E-state index contributed by atoms with van der Waals surface area (Å²) in [5.41, 5.74) is 4.52. The molecule has 2 heterocycles. The van der Waals surface area contributed by atoms with Crippen molar-refractivity contribution in [3.05, 3.63) is 41.1 Å². The maximum Gasteiger partial charge on any atom is 0.221 e. The first-order chi connectivity index (χ1) is 10.1. The molecular weight excluding hydrogens is 264 g/mol. The van der Waals surface area contributed by atoms with Crippen molar-refractivity contribution in [1.29, 1.82) is 0 Å². The van der Waals surface area contributed by atoms with Crippen molar-refractivity contribution in [2.24, 2.45) is 0 Å². The molecule has 1 amide bonds.